The van der Waals surface area contributed by atoms with E-state index in [0.29, 0.717) is 19.0 Å². The van der Waals surface area contributed by atoms with Crippen LogP contribution in [0.15, 0.2) is 24.3 Å². The van der Waals surface area contributed by atoms with E-state index >= 15 is 0 Å². The first-order valence-corrected chi connectivity index (χ1v) is 6.14. The van der Waals surface area contributed by atoms with E-state index in [9.17, 15) is 0 Å². The molecule has 1 aromatic carbocycles. The van der Waals surface area contributed by atoms with E-state index in [2.05, 4.69) is 10.3 Å². The molecule has 0 aliphatic heterocycles. The van der Waals surface area contributed by atoms with Gasteiger partial charge in [-0.15, -0.1) is 5.10 Å². The number of nitrogens with zero attached hydrogens (tertiary/aromatic N) is 3. The number of ether oxygens (including phenoxy) is 1. The van der Waals surface area contributed by atoms with Crippen molar-refractivity contribution in [3.05, 3.63) is 35.5 Å². The Balaban J connectivity index is 2.28. The van der Waals surface area contributed by atoms with Gasteiger partial charge in [0.1, 0.15) is 5.75 Å². The Morgan fingerprint density at radius 2 is 2.06 bits per heavy atom. The molecular weight excluding hydrogens is 228 g/mol. The van der Waals surface area contributed by atoms with Gasteiger partial charge >= 0.3 is 0 Å². The normalized spacial score (nSPS) is 10.6. The second-order valence-electron chi connectivity index (χ2n) is 3.97. The summed E-state index contributed by atoms with van der Waals surface area (Å²) < 4.78 is 7.42. The standard InChI is InChI=1S/C13H18N4O/c1-3-11-13(14)15-16-17(11)9-10-7-5-6-8-12(10)18-4-2/h5-8H,3-4,9,14H2,1-2H3. The van der Waals surface area contributed by atoms with Crippen molar-refractivity contribution in [2.24, 2.45) is 0 Å². The summed E-state index contributed by atoms with van der Waals surface area (Å²) in [7, 11) is 0. The lowest BCUT2D eigenvalue weighted by molar-refractivity contribution is 0.335. The number of aromatic nitrogens is 3. The maximum atomic E-state index is 5.78. The molecule has 0 bridgehead atoms. The van der Waals surface area contributed by atoms with E-state index < -0.39 is 0 Å². The molecule has 5 heteroatoms. The molecular formula is C13H18N4O. The van der Waals surface area contributed by atoms with Gasteiger partial charge in [0.05, 0.1) is 18.8 Å². The zero-order valence-corrected chi connectivity index (χ0v) is 10.8. The predicted octanol–water partition coefficient (Wildman–Crippen LogP) is 1.87. The third-order valence-electron chi connectivity index (χ3n) is 2.80. The maximum Gasteiger partial charge on any atom is 0.169 e. The van der Waals surface area contributed by atoms with Gasteiger partial charge in [-0.25, -0.2) is 4.68 Å². The van der Waals surface area contributed by atoms with Gasteiger partial charge < -0.3 is 10.5 Å². The Morgan fingerprint density at radius 1 is 1.28 bits per heavy atom. The molecule has 2 aromatic rings. The van der Waals surface area contributed by atoms with Crippen LogP contribution < -0.4 is 10.5 Å². The number of hydrogen-bond donors (Lipinski definition) is 1. The SMILES string of the molecule is CCOc1ccccc1Cn1nnc(N)c1CC. The Kier molecular flexibility index (Phi) is 3.82. The minimum absolute atomic E-state index is 0.506. The highest BCUT2D eigenvalue weighted by Gasteiger charge is 2.10. The maximum absolute atomic E-state index is 5.78. The molecule has 2 N–H and O–H groups in total. The minimum Gasteiger partial charge on any atom is -0.494 e. The molecule has 0 aliphatic carbocycles. The summed E-state index contributed by atoms with van der Waals surface area (Å²) in [6.07, 6.45) is 0.815. The van der Waals surface area contributed by atoms with Crippen LogP contribution in [0, 0.1) is 0 Å². The fourth-order valence-corrected chi connectivity index (χ4v) is 1.93. The van der Waals surface area contributed by atoms with E-state index in [4.69, 9.17) is 10.5 Å². The second-order valence-corrected chi connectivity index (χ2v) is 3.97. The van der Waals surface area contributed by atoms with E-state index in [1.807, 2.05) is 42.8 Å². The topological polar surface area (TPSA) is 66.0 Å². The summed E-state index contributed by atoms with van der Waals surface area (Å²) in [5.74, 6) is 1.39. The number of benzene rings is 1. The van der Waals surface area contributed by atoms with Crippen molar-refractivity contribution in [3.8, 4) is 5.75 Å². The molecule has 0 radical (unpaired) electrons. The fraction of sp³-hybridized carbons (Fsp3) is 0.385. The summed E-state index contributed by atoms with van der Waals surface area (Å²) in [4.78, 5) is 0. The van der Waals surface area contributed by atoms with Crippen molar-refractivity contribution in [3.63, 3.8) is 0 Å². The number of nitrogen functional groups attached to an aromatic ring is 1. The monoisotopic (exact) mass is 246 g/mol. The predicted molar refractivity (Wildman–Crippen MR) is 70.5 cm³/mol. The van der Waals surface area contributed by atoms with Gasteiger partial charge in [0.2, 0.25) is 0 Å². The first kappa shape index (κ1) is 12.4. The average molecular weight is 246 g/mol. The van der Waals surface area contributed by atoms with Crippen LogP contribution >= 0.6 is 0 Å². The molecule has 0 saturated heterocycles. The lowest BCUT2D eigenvalue weighted by Gasteiger charge is -2.11. The quantitative estimate of drug-likeness (QED) is 0.874. The van der Waals surface area contributed by atoms with Gasteiger partial charge in [-0.3, -0.25) is 0 Å². The summed E-state index contributed by atoms with van der Waals surface area (Å²) in [5, 5.41) is 7.98. The molecule has 0 atom stereocenters. The first-order chi connectivity index (χ1) is 8.76. The molecule has 0 fully saturated rings. The van der Waals surface area contributed by atoms with Crippen molar-refractivity contribution >= 4 is 5.82 Å². The molecule has 0 spiro atoms. The van der Waals surface area contributed by atoms with Crippen LogP contribution in [0.3, 0.4) is 0 Å². The molecule has 0 unspecified atom stereocenters. The van der Waals surface area contributed by atoms with Crippen molar-refractivity contribution in [2.45, 2.75) is 26.8 Å². The van der Waals surface area contributed by atoms with Crippen LogP contribution in [-0.4, -0.2) is 21.6 Å². The van der Waals surface area contributed by atoms with Crippen LogP contribution in [0.1, 0.15) is 25.1 Å². The highest BCUT2D eigenvalue weighted by atomic mass is 16.5. The van der Waals surface area contributed by atoms with Gasteiger partial charge in [-0.05, 0) is 19.4 Å². The first-order valence-electron chi connectivity index (χ1n) is 6.14. The van der Waals surface area contributed by atoms with Gasteiger partial charge in [-0.2, -0.15) is 0 Å². The van der Waals surface area contributed by atoms with Crippen molar-refractivity contribution in [1.82, 2.24) is 15.0 Å². The molecule has 1 heterocycles. The molecule has 1 aromatic heterocycles. The van der Waals surface area contributed by atoms with E-state index in [-0.39, 0.29) is 0 Å². The van der Waals surface area contributed by atoms with Crippen molar-refractivity contribution in [1.29, 1.82) is 0 Å². The molecule has 5 nitrogen and oxygen atoms in total. The number of hydrogen-bond acceptors (Lipinski definition) is 4. The van der Waals surface area contributed by atoms with Gasteiger partial charge in [-0.1, -0.05) is 30.3 Å². The third-order valence-corrected chi connectivity index (χ3v) is 2.80. The Labute approximate surface area is 107 Å². The van der Waals surface area contributed by atoms with Gasteiger partial charge in [0.25, 0.3) is 0 Å². The Bertz CT molecular complexity index is 521. The Morgan fingerprint density at radius 3 is 2.78 bits per heavy atom. The largest absolute Gasteiger partial charge is 0.494 e. The highest BCUT2D eigenvalue weighted by Crippen LogP contribution is 2.20. The number of nitrogens with two attached hydrogens (primary N) is 1. The second kappa shape index (κ2) is 5.53. The summed E-state index contributed by atoms with van der Waals surface area (Å²) in [6, 6.07) is 7.95. The van der Waals surface area contributed by atoms with E-state index in [1.54, 1.807) is 0 Å². The third kappa shape index (κ3) is 2.45. The lowest BCUT2D eigenvalue weighted by atomic mass is 10.2. The average Bonchev–Trinajstić information content (AvgIpc) is 2.72. The minimum atomic E-state index is 0.506. The summed E-state index contributed by atoms with van der Waals surface area (Å²) >= 11 is 0. The van der Waals surface area contributed by atoms with Crippen LogP contribution in [0.5, 0.6) is 5.75 Å². The smallest absolute Gasteiger partial charge is 0.169 e. The van der Waals surface area contributed by atoms with Gasteiger partial charge in [0, 0.05) is 5.56 Å². The van der Waals surface area contributed by atoms with Crippen LogP contribution in [0.4, 0.5) is 5.82 Å². The fourth-order valence-electron chi connectivity index (χ4n) is 1.93. The van der Waals surface area contributed by atoms with Crippen LogP contribution in [0.25, 0.3) is 0 Å². The number of anilines is 1. The van der Waals surface area contributed by atoms with E-state index in [0.717, 1.165) is 23.4 Å². The molecule has 0 amide bonds. The summed E-state index contributed by atoms with van der Waals surface area (Å²) in [5.41, 5.74) is 7.82. The molecule has 0 saturated carbocycles. The highest BCUT2D eigenvalue weighted by molar-refractivity contribution is 5.36. The molecule has 2 rings (SSSR count). The zero-order valence-electron chi connectivity index (χ0n) is 10.8. The number of para-hydroxylation sites is 1. The van der Waals surface area contributed by atoms with Crippen molar-refractivity contribution < 1.29 is 4.74 Å². The zero-order chi connectivity index (χ0) is 13.0. The van der Waals surface area contributed by atoms with E-state index in [1.165, 1.54) is 0 Å². The van der Waals surface area contributed by atoms with Gasteiger partial charge in [0.15, 0.2) is 5.82 Å². The van der Waals surface area contributed by atoms with Crippen molar-refractivity contribution in [2.75, 3.05) is 12.3 Å². The molecule has 0 aliphatic rings. The molecule has 18 heavy (non-hydrogen) atoms. The van der Waals surface area contributed by atoms with Crippen LogP contribution in [0.2, 0.25) is 0 Å². The summed E-state index contributed by atoms with van der Waals surface area (Å²) in [6.45, 7) is 5.29. The van der Waals surface area contributed by atoms with Crippen LogP contribution in [-0.2, 0) is 13.0 Å². The Hall–Kier alpha value is -2.04. The lowest BCUT2D eigenvalue weighted by Crippen LogP contribution is -2.08. The number of rotatable bonds is 5. The molecule has 96 valence electrons.